The Morgan fingerprint density at radius 3 is 2.85 bits per heavy atom. The maximum atomic E-state index is 13.0. The quantitative estimate of drug-likeness (QED) is 0.419. The van der Waals surface area contributed by atoms with E-state index >= 15 is 0 Å². The van der Waals surface area contributed by atoms with Crippen LogP contribution in [0.25, 0.3) is 22.4 Å². The predicted molar refractivity (Wildman–Crippen MR) is 125 cm³/mol. The van der Waals surface area contributed by atoms with Crippen LogP contribution in [-0.4, -0.2) is 33.3 Å². The van der Waals surface area contributed by atoms with Gasteiger partial charge in [0.05, 0.1) is 28.6 Å². The van der Waals surface area contributed by atoms with Gasteiger partial charge in [0.15, 0.2) is 6.23 Å². The summed E-state index contributed by atoms with van der Waals surface area (Å²) in [6.45, 7) is 0.677. The van der Waals surface area contributed by atoms with Gasteiger partial charge in [0.25, 0.3) is 5.91 Å². The second-order valence-corrected chi connectivity index (χ2v) is 8.15. The molecule has 4 aromatic rings. The first-order chi connectivity index (χ1) is 16.5. The lowest BCUT2D eigenvalue weighted by atomic mass is 10.1. The number of amides is 3. The molecule has 1 atom stereocenters. The average Bonchev–Trinajstić information content (AvgIpc) is 3.54. The van der Waals surface area contributed by atoms with E-state index in [0.29, 0.717) is 23.4 Å². The van der Waals surface area contributed by atoms with Gasteiger partial charge in [0.1, 0.15) is 6.26 Å². The van der Waals surface area contributed by atoms with E-state index in [2.05, 4.69) is 15.5 Å². The van der Waals surface area contributed by atoms with E-state index in [1.165, 1.54) is 12.5 Å². The Hall–Kier alpha value is -3.89. The van der Waals surface area contributed by atoms with Crippen LogP contribution >= 0.6 is 11.6 Å². The molecule has 34 heavy (non-hydrogen) atoms. The Kier molecular flexibility index (Phi) is 5.91. The van der Waals surface area contributed by atoms with Gasteiger partial charge in [0.2, 0.25) is 5.89 Å². The van der Waals surface area contributed by atoms with Gasteiger partial charge in [-0.05, 0) is 49.6 Å². The first kappa shape index (κ1) is 21.9. The van der Waals surface area contributed by atoms with Crippen LogP contribution in [0, 0.1) is 0 Å². The van der Waals surface area contributed by atoms with Crippen molar-refractivity contribution in [1.29, 1.82) is 0 Å². The van der Waals surface area contributed by atoms with Crippen LogP contribution in [0.1, 0.15) is 35.8 Å². The summed E-state index contributed by atoms with van der Waals surface area (Å²) in [6.07, 6.45) is 7.32. The lowest BCUT2D eigenvalue weighted by Crippen LogP contribution is -2.49. The lowest BCUT2D eigenvalue weighted by Gasteiger charge is -2.24. The summed E-state index contributed by atoms with van der Waals surface area (Å²) in [6, 6.07) is 9.12. The summed E-state index contributed by atoms with van der Waals surface area (Å²) in [5.41, 5.74) is 9.99. The van der Waals surface area contributed by atoms with E-state index in [1.807, 2.05) is 0 Å². The number of nitrogens with one attached hydrogen (secondary N) is 1. The SMILES string of the molecule is NC(=O)N(NC(=O)c1cccc(-c2ncco2)c1)c1ccc2c(cnn2C2CCCCO2)c1Cl. The molecule has 3 N–H and O–H groups in total. The van der Waals surface area contributed by atoms with Crippen LogP contribution in [0.4, 0.5) is 10.5 Å². The number of anilines is 1. The summed E-state index contributed by atoms with van der Waals surface area (Å²) in [7, 11) is 0. The molecule has 2 aromatic heterocycles. The Bertz CT molecular complexity index is 1350. The van der Waals surface area contributed by atoms with Crippen molar-refractivity contribution in [3.63, 3.8) is 0 Å². The topological polar surface area (TPSA) is 129 Å². The second-order valence-electron chi connectivity index (χ2n) is 7.77. The van der Waals surface area contributed by atoms with Crippen molar-refractivity contribution < 1.29 is 18.7 Å². The number of fused-ring (bicyclic) bond motifs is 1. The molecule has 1 fully saturated rings. The van der Waals surface area contributed by atoms with Gasteiger partial charge in [-0.25, -0.2) is 19.5 Å². The summed E-state index contributed by atoms with van der Waals surface area (Å²) < 4.78 is 12.9. The van der Waals surface area contributed by atoms with Crippen LogP contribution in [0.2, 0.25) is 5.02 Å². The highest BCUT2D eigenvalue weighted by Crippen LogP contribution is 2.35. The Balaban J connectivity index is 1.43. The first-order valence-electron chi connectivity index (χ1n) is 10.7. The maximum Gasteiger partial charge on any atom is 0.338 e. The molecule has 3 amide bonds. The first-order valence-corrected chi connectivity index (χ1v) is 11.1. The van der Waals surface area contributed by atoms with Gasteiger partial charge >= 0.3 is 6.03 Å². The van der Waals surface area contributed by atoms with Crippen molar-refractivity contribution in [2.75, 3.05) is 11.6 Å². The molecular formula is C23H21ClN6O4. The van der Waals surface area contributed by atoms with E-state index in [1.54, 1.807) is 47.3 Å². The monoisotopic (exact) mass is 480 g/mol. The number of rotatable bonds is 4. The van der Waals surface area contributed by atoms with Crippen LogP contribution < -0.4 is 16.2 Å². The Labute approximate surface area is 199 Å². The minimum atomic E-state index is -0.901. The molecule has 0 aliphatic carbocycles. The molecular weight excluding hydrogens is 460 g/mol. The third-order valence-electron chi connectivity index (χ3n) is 5.60. The van der Waals surface area contributed by atoms with Gasteiger partial charge in [-0.15, -0.1) is 0 Å². The zero-order chi connectivity index (χ0) is 23.7. The van der Waals surface area contributed by atoms with Crippen molar-refractivity contribution in [3.8, 4) is 11.5 Å². The van der Waals surface area contributed by atoms with Gasteiger partial charge in [0, 0.05) is 23.1 Å². The van der Waals surface area contributed by atoms with E-state index in [4.69, 9.17) is 26.5 Å². The number of urea groups is 1. The van der Waals surface area contributed by atoms with Crippen molar-refractivity contribution in [3.05, 3.63) is 65.6 Å². The summed E-state index contributed by atoms with van der Waals surface area (Å²) in [4.78, 5) is 29.3. The number of nitrogens with zero attached hydrogens (tertiary/aromatic N) is 4. The number of nitrogens with two attached hydrogens (primary N) is 1. The third kappa shape index (κ3) is 4.09. The zero-order valence-corrected chi connectivity index (χ0v) is 18.7. The number of carbonyl (C=O) groups is 2. The van der Waals surface area contributed by atoms with Gasteiger partial charge < -0.3 is 14.9 Å². The van der Waals surface area contributed by atoms with Crippen LogP contribution in [-0.2, 0) is 4.74 Å². The fraction of sp³-hybridized carbons (Fsp3) is 0.217. The molecule has 2 aromatic carbocycles. The van der Waals surface area contributed by atoms with E-state index in [9.17, 15) is 9.59 Å². The Morgan fingerprint density at radius 2 is 2.12 bits per heavy atom. The molecule has 174 valence electrons. The summed E-state index contributed by atoms with van der Waals surface area (Å²) in [5.74, 6) is -0.191. The predicted octanol–water partition coefficient (Wildman–Crippen LogP) is 4.27. The highest BCUT2D eigenvalue weighted by atomic mass is 35.5. The van der Waals surface area contributed by atoms with E-state index < -0.39 is 11.9 Å². The highest BCUT2D eigenvalue weighted by Gasteiger charge is 2.24. The summed E-state index contributed by atoms with van der Waals surface area (Å²) >= 11 is 6.64. The number of primary amides is 1. The maximum absolute atomic E-state index is 13.0. The number of aromatic nitrogens is 3. The van der Waals surface area contributed by atoms with E-state index in [-0.39, 0.29) is 22.5 Å². The number of hydrogen-bond acceptors (Lipinski definition) is 6. The number of benzene rings is 2. The number of halogens is 1. The number of hydrogen-bond donors (Lipinski definition) is 2. The molecule has 1 aliphatic rings. The van der Waals surface area contributed by atoms with Crippen molar-refractivity contribution >= 4 is 40.1 Å². The molecule has 1 unspecified atom stereocenters. The fourth-order valence-corrected chi connectivity index (χ4v) is 4.25. The Morgan fingerprint density at radius 1 is 1.24 bits per heavy atom. The zero-order valence-electron chi connectivity index (χ0n) is 18.0. The lowest BCUT2D eigenvalue weighted by molar-refractivity contribution is -0.0366. The molecule has 1 aliphatic heterocycles. The van der Waals surface area contributed by atoms with E-state index in [0.717, 1.165) is 29.8 Å². The van der Waals surface area contributed by atoms with Gasteiger partial charge in [-0.2, -0.15) is 5.10 Å². The number of hydrazine groups is 1. The number of ether oxygens (including phenoxy) is 1. The molecule has 3 heterocycles. The average molecular weight is 481 g/mol. The highest BCUT2D eigenvalue weighted by molar-refractivity contribution is 6.38. The molecule has 11 heteroatoms. The minimum Gasteiger partial charge on any atom is -0.445 e. The second kappa shape index (κ2) is 9.16. The van der Waals surface area contributed by atoms with Gasteiger partial charge in [-0.1, -0.05) is 17.7 Å². The fourth-order valence-electron chi connectivity index (χ4n) is 3.95. The summed E-state index contributed by atoms with van der Waals surface area (Å²) in [5, 5.41) is 6.19. The van der Waals surface area contributed by atoms with Crippen LogP contribution in [0.15, 0.2) is 59.5 Å². The molecule has 0 radical (unpaired) electrons. The number of oxazole rings is 1. The van der Waals surface area contributed by atoms with Crippen molar-refractivity contribution in [2.45, 2.75) is 25.5 Å². The molecule has 5 rings (SSSR count). The minimum absolute atomic E-state index is 0.170. The standard InChI is InChI=1S/C23H21ClN6O4/c24-20-16-13-27-29(19-6-1-2-10-33-19)17(16)7-8-18(20)30(23(25)32)28-21(31)14-4-3-5-15(12-14)22-26-9-11-34-22/h3-5,7-9,11-13,19H,1-2,6,10H2,(H2,25,32)(H,28,31). The van der Waals surface area contributed by atoms with Crippen molar-refractivity contribution in [1.82, 2.24) is 20.2 Å². The molecule has 0 spiro atoms. The molecule has 10 nitrogen and oxygen atoms in total. The normalized spacial score (nSPS) is 15.9. The third-order valence-corrected chi connectivity index (χ3v) is 6.00. The smallest absolute Gasteiger partial charge is 0.338 e. The van der Waals surface area contributed by atoms with Gasteiger partial charge in [-0.3, -0.25) is 10.2 Å². The van der Waals surface area contributed by atoms with Crippen molar-refractivity contribution in [2.24, 2.45) is 5.73 Å². The molecule has 0 saturated carbocycles. The van der Waals surface area contributed by atoms with Crippen LogP contribution in [0.5, 0.6) is 0 Å². The van der Waals surface area contributed by atoms with Crippen LogP contribution in [0.3, 0.4) is 0 Å². The number of carbonyl (C=O) groups excluding carboxylic acids is 2. The largest absolute Gasteiger partial charge is 0.445 e. The molecule has 1 saturated heterocycles. The molecule has 0 bridgehead atoms.